The van der Waals surface area contributed by atoms with E-state index in [-0.39, 0.29) is 24.2 Å². The maximum Gasteiger partial charge on any atom is 0.255 e. The van der Waals surface area contributed by atoms with E-state index in [9.17, 15) is 14.0 Å². The van der Waals surface area contributed by atoms with Crippen LogP contribution in [0, 0.1) is 5.82 Å². The van der Waals surface area contributed by atoms with Crippen molar-refractivity contribution in [3.05, 3.63) is 66.4 Å². The van der Waals surface area contributed by atoms with E-state index >= 15 is 0 Å². The molecular formula is C25H26FN5O4. The van der Waals surface area contributed by atoms with Gasteiger partial charge < -0.3 is 30.0 Å². The molecule has 0 spiro atoms. The number of carbonyl (C=O) groups is 2. The Bertz CT molecular complexity index is 1270. The number of ether oxygens (including phenoxy) is 2. The number of likely N-dealkylation sites (N-methyl/N-ethyl adjacent to an activating group) is 1. The molecule has 2 amide bonds. The van der Waals surface area contributed by atoms with E-state index in [0.29, 0.717) is 53.5 Å². The summed E-state index contributed by atoms with van der Waals surface area (Å²) < 4.78 is 25.6. The molecule has 1 aromatic carbocycles. The first kappa shape index (κ1) is 23.8. The van der Waals surface area contributed by atoms with Gasteiger partial charge in [-0.3, -0.25) is 14.6 Å². The largest absolute Gasteiger partial charge is 0.492 e. The minimum Gasteiger partial charge on any atom is -0.492 e. The molecule has 4 rings (SSSR count). The van der Waals surface area contributed by atoms with Crippen LogP contribution in [0.1, 0.15) is 16.1 Å². The van der Waals surface area contributed by atoms with Crippen LogP contribution < -0.4 is 20.1 Å². The number of amides is 2. The average Bonchev–Trinajstić information content (AvgIpc) is 3.23. The van der Waals surface area contributed by atoms with Crippen molar-refractivity contribution >= 4 is 23.2 Å². The second-order valence-electron chi connectivity index (χ2n) is 7.86. The monoisotopic (exact) mass is 479 g/mol. The molecule has 3 N–H and O–H groups in total. The SMILES string of the molecule is C=CC(=O)N(C)CCOc1cnccc1-c1[nH]c2c(c1Nc1cccc(F)c1OC)C(=O)NCC2. The van der Waals surface area contributed by atoms with Crippen molar-refractivity contribution in [1.29, 1.82) is 0 Å². The zero-order valence-corrected chi connectivity index (χ0v) is 19.5. The van der Waals surface area contributed by atoms with Crippen LogP contribution in [0.3, 0.4) is 0 Å². The predicted octanol–water partition coefficient (Wildman–Crippen LogP) is 3.28. The Labute approximate surface area is 202 Å². The predicted molar refractivity (Wildman–Crippen MR) is 130 cm³/mol. The highest BCUT2D eigenvalue weighted by Crippen LogP contribution is 2.41. The summed E-state index contributed by atoms with van der Waals surface area (Å²) in [6.45, 7) is 4.54. The summed E-state index contributed by atoms with van der Waals surface area (Å²) in [6.07, 6.45) is 5.02. The van der Waals surface area contributed by atoms with Crippen molar-refractivity contribution in [1.82, 2.24) is 20.2 Å². The number of aromatic nitrogens is 2. The highest BCUT2D eigenvalue weighted by Gasteiger charge is 2.29. The Morgan fingerprint density at radius 3 is 2.97 bits per heavy atom. The van der Waals surface area contributed by atoms with Gasteiger partial charge in [0.1, 0.15) is 12.4 Å². The van der Waals surface area contributed by atoms with E-state index in [1.807, 2.05) is 0 Å². The highest BCUT2D eigenvalue weighted by molar-refractivity contribution is 6.06. The number of halogens is 1. The van der Waals surface area contributed by atoms with Crippen LogP contribution >= 0.6 is 0 Å². The van der Waals surface area contributed by atoms with Crippen LogP contribution in [0.5, 0.6) is 11.5 Å². The van der Waals surface area contributed by atoms with Gasteiger partial charge in [0.15, 0.2) is 11.6 Å². The van der Waals surface area contributed by atoms with E-state index in [1.165, 1.54) is 24.2 Å². The number of aromatic amines is 1. The number of pyridine rings is 1. The van der Waals surface area contributed by atoms with Gasteiger partial charge >= 0.3 is 0 Å². The van der Waals surface area contributed by atoms with Crippen LogP contribution in [-0.4, -0.2) is 60.5 Å². The van der Waals surface area contributed by atoms with Gasteiger partial charge in [-0.05, 0) is 24.3 Å². The zero-order chi connectivity index (χ0) is 24.9. The number of para-hydroxylation sites is 1. The lowest BCUT2D eigenvalue weighted by Crippen LogP contribution is -2.31. The molecule has 0 radical (unpaired) electrons. The van der Waals surface area contributed by atoms with E-state index in [1.54, 1.807) is 37.6 Å². The average molecular weight is 480 g/mol. The Morgan fingerprint density at radius 2 is 2.20 bits per heavy atom. The van der Waals surface area contributed by atoms with Crippen molar-refractivity contribution < 1.29 is 23.5 Å². The molecule has 1 aliphatic rings. The van der Waals surface area contributed by atoms with Gasteiger partial charge in [0.25, 0.3) is 5.91 Å². The highest BCUT2D eigenvalue weighted by atomic mass is 19.1. The third-order valence-electron chi connectivity index (χ3n) is 5.69. The summed E-state index contributed by atoms with van der Waals surface area (Å²) in [5.74, 6) is -0.490. The Balaban J connectivity index is 1.74. The van der Waals surface area contributed by atoms with E-state index in [2.05, 4.69) is 27.2 Å². The lowest BCUT2D eigenvalue weighted by atomic mass is 10.0. The van der Waals surface area contributed by atoms with Crippen LogP contribution in [0.25, 0.3) is 11.3 Å². The standard InChI is InChI=1S/C25H26FN5O4/c1-4-20(32)31(2)12-13-35-19-14-27-10-8-15(19)22-23(21-17(29-22)9-11-28-25(21)33)30-18-7-5-6-16(26)24(18)34-3/h4-8,10,14,29-30H,1,9,11-13H2,2-3H3,(H,28,33). The van der Waals surface area contributed by atoms with Crippen LogP contribution in [-0.2, 0) is 11.2 Å². The fourth-order valence-corrected chi connectivity index (χ4v) is 3.92. The van der Waals surface area contributed by atoms with E-state index in [4.69, 9.17) is 9.47 Å². The van der Waals surface area contributed by atoms with Crippen molar-refractivity contribution in [2.24, 2.45) is 0 Å². The molecule has 0 atom stereocenters. The number of anilines is 2. The number of benzene rings is 1. The lowest BCUT2D eigenvalue weighted by Gasteiger charge is -2.18. The van der Waals surface area contributed by atoms with Crippen molar-refractivity contribution in [3.63, 3.8) is 0 Å². The molecular weight excluding hydrogens is 453 g/mol. The number of H-pyrrole nitrogens is 1. The molecule has 9 nitrogen and oxygen atoms in total. The van der Waals surface area contributed by atoms with Gasteiger partial charge in [-0.25, -0.2) is 4.39 Å². The molecule has 0 saturated heterocycles. The molecule has 0 saturated carbocycles. The number of fused-ring (bicyclic) bond motifs is 1. The fraction of sp³-hybridized carbons (Fsp3) is 0.240. The van der Waals surface area contributed by atoms with Crippen molar-refractivity contribution in [3.8, 4) is 22.8 Å². The Kier molecular flexibility index (Phi) is 7.00. The molecule has 1 aliphatic heterocycles. The summed E-state index contributed by atoms with van der Waals surface area (Å²) >= 11 is 0. The molecule has 0 bridgehead atoms. The van der Waals surface area contributed by atoms with Gasteiger partial charge in [0.05, 0.1) is 42.5 Å². The number of hydrogen-bond donors (Lipinski definition) is 3. The minimum atomic E-state index is -0.529. The van der Waals surface area contributed by atoms with E-state index in [0.717, 1.165) is 5.69 Å². The molecule has 182 valence electrons. The fourth-order valence-electron chi connectivity index (χ4n) is 3.92. The maximum absolute atomic E-state index is 14.4. The minimum absolute atomic E-state index is 0.0331. The van der Waals surface area contributed by atoms with E-state index < -0.39 is 5.82 Å². The number of methoxy groups -OCH3 is 1. The summed E-state index contributed by atoms with van der Waals surface area (Å²) in [4.78, 5) is 33.6. The van der Waals surface area contributed by atoms with Crippen LogP contribution in [0.2, 0.25) is 0 Å². The number of rotatable bonds is 9. The summed E-state index contributed by atoms with van der Waals surface area (Å²) in [7, 11) is 3.04. The number of carbonyl (C=O) groups excluding carboxylic acids is 2. The second kappa shape index (κ2) is 10.3. The quantitative estimate of drug-likeness (QED) is 0.407. The molecule has 35 heavy (non-hydrogen) atoms. The van der Waals surface area contributed by atoms with Crippen LogP contribution in [0.4, 0.5) is 15.8 Å². The third kappa shape index (κ3) is 4.81. The molecule has 2 aromatic heterocycles. The Hall–Kier alpha value is -4.34. The lowest BCUT2D eigenvalue weighted by molar-refractivity contribution is -0.125. The number of hydrogen-bond acceptors (Lipinski definition) is 6. The molecule has 0 aliphatic carbocycles. The van der Waals surface area contributed by atoms with Crippen molar-refractivity contribution in [2.75, 3.05) is 39.2 Å². The molecule has 10 heteroatoms. The molecule has 0 fully saturated rings. The normalized spacial score (nSPS) is 12.4. The first-order chi connectivity index (χ1) is 16.9. The van der Waals surface area contributed by atoms with Gasteiger partial charge in [-0.1, -0.05) is 12.6 Å². The van der Waals surface area contributed by atoms with Crippen molar-refractivity contribution in [2.45, 2.75) is 6.42 Å². The molecule has 3 aromatic rings. The smallest absolute Gasteiger partial charge is 0.255 e. The first-order valence-corrected chi connectivity index (χ1v) is 11.0. The number of nitrogens with one attached hydrogen (secondary N) is 3. The second-order valence-corrected chi connectivity index (χ2v) is 7.86. The molecule has 3 heterocycles. The maximum atomic E-state index is 14.4. The van der Waals surface area contributed by atoms with Gasteiger partial charge in [-0.15, -0.1) is 0 Å². The number of nitrogens with zero attached hydrogens (tertiary/aromatic N) is 2. The topological polar surface area (TPSA) is 109 Å². The molecule has 0 unspecified atom stereocenters. The van der Waals surface area contributed by atoms with Gasteiger partial charge in [-0.2, -0.15) is 0 Å². The van der Waals surface area contributed by atoms with Gasteiger partial charge in [0.2, 0.25) is 5.91 Å². The first-order valence-electron chi connectivity index (χ1n) is 11.0. The van der Waals surface area contributed by atoms with Crippen LogP contribution in [0.15, 0.2) is 49.3 Å². The summed E-state index contributed by atoms with van der Waals surface area (Å²) in [6, 6.07) is 6.29. The summed E-state index contributed by atoms with van der Waals surface area (Å²) in [5.41, 5.74) is 3.27. The Morgan fingerprint density at radius 1 is 1.37 bits per heavy atom. The van der Waals surface area contributed by atoms with Gasteiger partial charge in [0, 0.05) is 37.5 Å². The third-order valence-corrected chi connectivity index (χ3v) is 5.69. The summed E-state index contributed by atoms with van der Waals surface area (Å²) in [5, 5.41) is 6.05. The zero-order valence-electron chi connectivity index (χ0n) is 19.5.